The Hall–Kier alpha value is -3.25. The number of hydrogen-bond donors (Lipinski definition) is 0. The van der Waals surface area contributed by atoms with Gasteiger partial charge in [0.2, 0.25) is 0 Å². The van der Waals surface area contributed by atoms with Gasteiger partial charge in [-0.2, -0.15) is 0 Å². The predicted octanol–water partition coefficient (Wildman–Crippen LogP) is 3.71. The zero-order valence-electron chi connectivity index (χ0n) is 15.5. The Morgan fingerprint density at radius 1 is 0.929 bits per heavy atom. The summed E-state index contributed by atoms with van der Waals surface area (Å²) in [6.45, 7) is 3.67. The highest BCUT2D eigenvalue weighted by Crippen LogP contribution is 2.27. The van der Waals surface area contributed by atoms with Crippen molar-refractivity contribution < 1.29 is 4.79 Å². The summed E-state index contributed by atoms with van der Waals surface area (Å²) in [6, 6.07) is 17.7. The highest BCUT2D eigenvalue weighted by Gasteiger charge is 2.21. The predicted molar refractivity (Wildman–Crippen MR) is 112 cm³/mol. The van der Waals surface area contributed by atoms with Crippen LogP contribution in [0.1, 0.15) is 20.8 Å². The van der Waals surface area contributed by atoms with Crippen LogP contribution < -0.4 is 11.2 Å². The number of hydrogen-bond acceptors (Lipinski definition) is 4. The van der Waals surface area contributed by atoms with Gasteiger partial charge >= 0.3 is 5.69 Å². The van der Waals surface area contributed by atoms with Crippen molar-refractivity contribution in [2.24, 2.45) is 0 Å². The van der Waals surface area contributed by atoms with Gasteiger partial charge in [0.25, 0.3) is 5.56 Å². The maximum atomic E-state index is 13.3. The fraction of sp³-hybridized carbons (Fsp3) is 0.136. The van der Waals surface area contributed by atoms with Crippen LogP contribution in [-0.4, -0.2) is 14.9 Å². The van der Waals surface area contributed by atoms with Crippen molar-refractivity contribution >= 4 is 27.3 Å². The van der Waals surface area contributed by atoms with Crippen LogP contribution in [-0.2, 0) is 6.54 Å². The molecule has 0 spiro atoms. The molecule has 140 valence electrons. The number of ketones is 1. The van der Waals surface area contributed by atoms with Gasteiger partial charge in [-0.1, -0.05) is 48.5 Å². The van der Waals surface area contributed by atoms with Crippen molar-refractivity contribution in [2.45, 2.75) is 20.4 Å². The molecule has 0 amide bonds. The summed E-state index contributed by atoms with van der Waals surface area (Å²) < 4.78 is 2.57. The smallest absolute Gasteiger partial charge is 0.292 e. The van der Waals surface area contributed by atoms with Crippen molar-refractivity contribution in [3.8, 4) is 5.69 Å². The summed E-state index contributed by atoms with van der Waals surface area (Å²) in [7, 11) is 0. The van der Waals surface area contributed by atoms with Gasteiger partial charge in [0.05, 0.1) is 17.6 Å². The van der Waals surface area contributed by atoms with E-state index in [1.54, 1.807) is 48.5 Å². The highest BCUT2D eigenvalue weighted by atomic mass is 32.1. The first-order valence-electron chi connectivity index (χ1n) is 8.88. The Kier molecular flexibility index (Phi) is 4.57. The molecule has 28 heavy (non-hydrogen) atoms. The zero-order chi connectivity index (χ0) is 19.8. The van der Waals surface area contributed by atoms with E-state index in [4.69, 9.17) is 0 Å². The SMILES string of the molecule is Cc1sc2c(c1C)c(=O)n(-c1ccccc1)c(=O)n2CC(=O)c1ccccc1. The molecule has 0 saturated carbocycles. The number of thiophene rings is 1. The van der Waals surface area contributed by atoms with Gasteiger partial charge in [-0.05, 0) is 31.5 Å². The van der Waals surface area contributed by atoms with Crippen LogP contribution in [0.3, 0.4) is 0 Å². The number of Topliss-reactive ketones (excluding diaryl/α,β-unsaturated/α-hetero) is 1. The van der Waals surface area contributed by atoms with Crippen LogP contribution in [0.15, 0.2) is 70.3 Å². The van der Waals surface area contributed by atoms with Crippen LogP contribution in [0.25, 0.3) is 15.9 Å². The minimum Gasteiger partial charge on any atom is -0.292 e. The first kappa shape index (κ1) is 18.1. The van der Waals surface area contributed by atoms with E-state index in [-0.39, 0.29) is 17.9 Å². The Labute approximate surface area is 165 Å². The molecule has 0 aliphatic heterocycles. The molecule has 2 heterocycles. The number of rotatable bonds is 4. The molecule has 4 aromatic rings. The van der Waals surface area contributed by atoms with Crippen molar-refractivity contribution in [1.82, 2.24) is 9.13 Å². The van der Waals surface area contributed by atoms with Gasteiger partial charge < -0.3 is 0 Å². The van der Waals surface area contributed by atoms with Crippen molar-refractivity contribution in [3.05, 3.63) is 97.5 Å². The molecule has 0 radical (unpaired) electrons. The summed E-state index contributed by atoms with van der Waals surface area (Å²) in [5, 5.41) is 0.492. The van der Waals surface area contributed by atoms with Gasteiger partial charge in [-0.25, -0.2) is 9.36 Å². The molecule has 0 atom stereocenters. The zero-order valence-corrected chi connectivity index (χ0v) is 16.3. The topological polar surface area (TPSA) is 61.1 Å². The van der Waals surface area contributed by atoms with E-state index in [0.29, 0.717) is 21.5 Å². The van der Waals surface area contributed by atoms with E-state index in [0.717, 1.165) is 15.0 Å². The molecule has 0 aliphatic carbocycles. The standard InChI is InChI=1S/C22H18N2O3S/c1-14-15(2)28-21-19(14)20(26)24(17-11-7-4-8-12-17)22(27)23(21)13-18(25)16-9-5-3-6-10-16/h3-12H,13H2,1-2H3. The minimum atomic E-state index is -0.505. The normalized spacial score (nSPS) is 11.1. The fourth-order valence-electron chi connectivity index (χ4n) is 3.26. The maximum Gasteiger partial charge on any atom is 0.337 e. The van der Waals surface area contributed by atoms with Gasteiger partial charge in [-0.3, -0.25) is 14.2 Å². The molecular formula is C22H18N2O3S. The number of carbonyl (C=O) groups is 1. The fourth-order valence-corrected chi connectivity index (χ4v) is 4.40. The van der Waals surface area contributed by atoms with Crippen molar-refractivity contribution in [2.75, 3.05) is 0 Å². The third-order valence-corrected chi connectivity index (χ3v) is 6.09. The quantitative estimate of drug-likeness (QED) is 0.499. The second-order valence-corrected chi connectivity index (χ2v) is 7.80. The average molecular weight is 390 g/mol. The molecule has 6 heteroatoms. The Balaban J connectivity index is 2.00. The lowest BCUT2D eigenvalue weighted by molar-refractivity contribution is 0.0972. The summed E-state index contributed by atoms with van der Waals surface area (Å²) in [5.41, 5.74) is 1.01. The lowest BCUT2D eigenvalue weighted by Crippen LogP contribution is -2.39. The number of carbonyl (C=O) groups excluding carboxylic acids is 1. The van der Waals surface area contributed by atoms with E-state index < -0.39 is 5.69 Å². The monoisotopic (exact) mass is 390 g/mol. The molecule has 4 rings (SSSR count). The van der Waals surface area contributed by atoms with E-state index >= 15 is 0 Å². The number of aryl methyl sites for hydroxylation is 2. The summed E-state index contributed by atoms with van der Waals surface area (Å²) >= 11 is 1.37. The molecule has 2 aromatic carbocycles. The van der Waals surface area contributed by atoms with Crippen LogP contribution >= 0.6 is 11.3 Å². The molecule has 0 aliphatic rings. The lowest BCUT2D eigenvalue weighted by atomic mass is 10.1. The summed E-state index contributed by atoms with van der Waals surface area (Å²) in [4.78, 5) is 40.7. The molecule has 0 bridgehead atoms. The van der Waals surface area contributed by atoms with Crippen molar-refractivity contribution in [1.29, 1.82) is 0 Å². The molecular weight excluding hydrogens is 372 g/mol. The Morgan fingerprint density at radius 3 is 2.18 bits per heavy atom. The first-order chi connectivity index (χ1) is 13.5. The van der Waals surface area contributed by atoms with Gasteiger partial charge in [-0.15, -0.1) is 11.3 Å². The van der Waals surface area contributed by atoms with E-state index in [9.17, 15) is 14.4 Å². The molecule has 5 nitrogen and oxygen atoms in total. The van der Waals surface area contributed by atoms with Crippen LogP contribution in [0, 0.1) is 13.8 Å². The first-order valence-corrected chi connectivity index (χ1v) is 9.70. The summed E-state index contributed by atoms with van der Waals surface area (Å²) in [6.07, 6.45) is 0. The number of aromatic nitrogens is 2. The number of nitrogens with zero attached hydrogens (tertiary/aromatic N) is 2. The highest BCUT2D eigenvalue weighted by molar-refractivity contribution is 7.18. The van der Waals surface area contributed by atoms with E-state index in [1.807, 2.05) is 26.0 Å². The Morgan fingerprint density at radius 2 is 1.54 bits per heavy atom. The maximum absolute atomic E-state index is 13.3. The van der Waals surface area contributed by atoms with Crippen molar-refractivity contribution in [3.63, 3.8) is 0 Å². The third kappa shape index (κ3) is 2.92. The van der Waals surface area contributed by atoms with E-state index in [1.165, 1.54) is 15.9 Å². The lowest BCUT2D eigenvalue weighted by Gasteiger charge is -2.12. The number of benzene rings is 2. The Bertz CT molecular complexity index is 1300. The van der Waals surface area contributed by atoms with Gasteiger partial charge in [0.15, 0.2) is 5.78 Å². The van der Waals surface area contributed by atoms with Gasteiger partial charge in [0.1, 0.15) is 4.83 Å². The average Bonchev–Trinajstić information content (AvgIpc) is 3.01. The third-order valence-electron chi connectivity index (χ3n) is 4.86. The van der Waals surface area contributed by atoms with E-state index in [2.05, 4.69) is 0 Å². The number of para-hydroxylation sites is 1. The van der Waals surface area contributed by atoms with Crippen LogP contribution in [0.4, 0.5) is 0 Å². The minimum absolute atomic E-state index is 0.119. The number of fused-ring (bicyclic) bond motifs is 1. The molecule has 0 unspecified atom stereocenters. The molecule has 0 fully saturated rings. The molecule has 0 N–H and O–H groups in total. The summed E-state index contributed by atoms with van der Waals surface area (Å²) in [5.74, 6) is -0.175. The molecule has 0 saturated heterocycles. The van der Waals surface area contributed by atoms with Crippen LogP contribution in [0.2, 0.25) is 0 Å². The largest absolute Gasteiger partial charge is 0.337 e. The van der Waals surface area contributed by atoms with Crippen LogP contribution in [0.5, 0.6) is 0 Å². The van der Waals surface area contributed by atoms with Gasteiger partial charge in [0, 0.05) is 10.4 Å². The molecule has 2 aromatic heterocycles. The second-order valence-electron chi connectivity index (χ2n) is 6.60. The second kappa shape index (κ2) is 7.05.